The van der Waals surface area contributed by atoms with Gasteiger partial charge in [-0.2, -0.15) is 0 Å². The van der Waals surface area contributed by atoms with Gasteiger partial charge in [0, 0.05) is 13.0 Å². The van der Waals surface area contributed by atoms with Gasteiger partial charge in [-0.15, -0.1) is 0 Å². The first kappa shape index (κ1) is 11.5. The number of nitrogens with one attached hydrogen (secondary N) is 1. The average Bonchev–Trinajstić information content (AvgIpc) is 2.57. The molecule has 1 aliphatic rings. The molecule has 14 heavy (non-hydrogen) atoms. The molecule has 82 valence electrons. The van der Waals surface area contributed by atoms with Gasteiger partial charge in [-0.3, -0.25) is 0 Å². The molecule has 0 bridgehead atoms. The van der Waals surface area contributed by atoms with Gasteiger partial charge in [0.05, 0.1) is 18.2 Å². The maximum Gasteiger partial charge on any atom is 0.112 e. The van der Waals surface area contributed by atoms with Crippen molar-refractivity contribution in [3.8, 4) is 0 Å². The van der Waals surface area contributed by atoms with Crippen molar-refractivity contribution in [3.05, 3.63) is 11.8 Å². The first-order valence-corrected chi connectivity index (χ1v) is 5.26. The average molecular weight is 199 g/mol. The molecule has 1 atom stereocenters. The first-order chi connectivity index (χ1) is 6.61. The van der Waals surface area contributed by atoms with Crippen LogP contribution in [0.15, 0.2) is 11.8 Å². The second kappa shape index (κ2) is 4.80. The van der Waals surface area contributed by atoms with Crippen LogP contribution < -0.4 is 5.32 Å². The zero-order valence-corrected chi connectivity index (χ0v) is 9.59. The lowest BCUT2D eigenvalue weighted by molar-refractivity contribution is -0.0385. The molecule has 1 N–H and O–H groups in total. The van der Waals surface area contributed by atoms with Crippen LogP contribution in [0.3, 0.4) is 0 Å². The topological polar surface area (TPSA) is 30.5 Å². The van der Waals surface area contributed by atoms with Crippen LogP contribution >= 0.6 is 0 Å². The Morgan fingerprint density at radius 3 is 2.79 bits per heavy atom. The molecule has 0 aliphatic carbocycles. The Morgan fingerprint density at radius 1 is 1.64 bits per heavy atom. The second-order valence-electron chi connectivity index (χ2n) is 4.00. The van der Waals surface area contributed by atoms with Gasteiger partial charge in [0.2, 0.25) is 0 Å². The van der Waals surface area contributed by atoms with Crippen molar-refractivity contribution in [2.24, 2.45) is 0 Å². The Bertz CT molecular complexity index is 211. The highest BCUT2D eigenvalue weighted by Gasteiger charge is 2.33. The summed E-state index contributed by atoms with van der Waals surface area (Å²) in [4.78, 5) is 0. The summed E-state index contributed by atoms with van der Waals surface area (Å²) in [5.41, 5.74) is -0.223. The van der Waals surface area contributed by atoms with Crippen molar-refractivity contribution in [2.75, 3.05) is 20.3 Å². The molecule has 1 aliphatic heterocycles. The summed E-state index contributed by atoms with van der Waals surface area (Å²) >= 11 is 0. The molecular weight excluding hydrogens is 178 g/mol. The van der Waals surface area contributed by atoms with E-state index in [0.29, 0.717) is 0 Å². The molecule has 0 amide bonds. The summed E-state index contributed by atoms with van der Waals surface area (Å²) in [6.45, 7) is 7.70. The third-order valence-electron chi connectivity index (χ3n) is 2.52. The van der Waals surface area contributed by atoms with Crippen molar-refractivity contribution < 1.29 is 9.47 Å². The van der Waals surface area contributed by atoms with Crippen LogP contribution in [-0.4, -0.2) is 31.9 Å². The van der Waals surface area contributed by atoms with Crippen LogP contribution in [0.1, 0.15) is 27.2 Å². The summed E-state index contributed by atoms with van der Waals surface area (Å²) in [7, 11) is 1.94. The SMILES string of the molecule is CCOC(C)(C)C(NC)C1=CCCO1. The Kier molecular flexibility index (Phi) is 3.96. The van der Waals surface area contributed by atoms with E-state index in [1.165, 1.54) is 0 Å². The largest absolute Gasteiger partial charge is 0.496 e. The van der Waals surface area contributed by atoms with Crippen LogP contribution in [0.4, 0.5) is 0 Å². The maximum absolute atomic E-state index is 5.71. The lowest BCUT2D eigenvalue weighted by Gasteiger charge is -2.34. The zero-order valence-electron chi connectivity index (χ0n) is 9.59. The smallest absolute Gasteiger partial charge is 0.112 e. The van der Waals surface area contributed by atoms with Gasteiger partial charge in [0.15, 0.2) is 0 Å². The van der Waals surface area contributed by atoms with Crippen LogP contribution in [0.2, 0.25) is 0 Å². The van der Waals surface area contributed by atoms with E-state index in [1.807, 2.05) is 14.0 Å². The molecular formula is C11H21NO2. The summed E-state index contributed by atoms with van der Waals surface area (Å²) in [5.74, 6) is 1.02. The van der Waals surface area contributed by atoms with E-state index in [1.54, 1.807) is 0 Å². The summed E-state index contributed by atoms with van der Waals surface area (Å²) in [6.07, 6.45) is 3.15. The number of hydrogen-bond donors (Lipinski definition) is 1. The fraction of sp³-hybridized carbons (Fsp3) is 0.818. The predicted octanol–water partition coefficient (Wildman–Crippen LogP) is 1.69. The second-order valence-corrected chi connectivity index (χ2v) is 4.00. The van der Waals surface area contributed by atoms with E-state index in [9.17, 15) is 0 Å². The van der Waals surface area contributed by atoms with Crippen LogP contribution in [0.5, 0.6) is 0 Å². The van der Waals surface area contributed by atoms with Gasteiger partial charge in [0.25, 0.3) is 0 Å². The van der Waals surface area contributed by atoms with Crippen LogP contribution in [-0.2, 0) is 9.47 Å². The number of likely N-dealkylation sites (N-methyl/N-ethyl adjacent to an activating group) is 1. The van der Waals surface area contributed by atoms with Crippen LogP contribution in [0.25, 0.3) is 0 Å². The summed E-state index contributed by atoms with van der Waals surface area (Å²) in [6, 6.07) is 0.143. The van der Waals surface area contributed by atoms with Crippen molar-refractivity contribution in [1.29, 1.82) is 0 Å². The van der Waals surface area contributed by atoms with Crippen molar-refractivity contribution >= 4 is 0 Å². The minimum absolute atomic E-state index is 0.143. The molecule has 1 unspecified atom stereocenters. The normalized spacial score (nSPS) is 19.0. The molecule has 3 nitrogen and oxygen atoms in total. The van der Waals surface area contributed by atoms with Gasteiger partial charge in [0.1, 0.15) is 5.76 Å². The fourth-order valence-electron chi connectivity index (χ4n) is 1.93. The Hall–Kier alpha value is -0.540. The molecule has 0 aromatic heterocycles. The standard InChI is InChI=1S/C11H21NO2/c1-5-14-11(2,3)10(12-4)9-7-6-8-13-9/h7,10,12H,5-6,8H2,1-4H3. The first-order valence-electron chi connectivity index (χ1n) is 5.26. The van der Waals surface area contributed by atoms with Crippen molar-refractivity contribution in [1.82, 2.24) is 5.32 Å². The fourth-order valence-corrected chi connectivity index (χ4v) is 1.93. The van der Waals surface area contributed by atoms with Gasteiger partial charge in [-0.05, 0) is 33.9 Å². The van der Waals surface area contributed by atoms with Crippen LogP contribution in [0, 0.1) is 0 Å². The number of ether oxygens (including phenoxy) is 2. The molecule has 0 spiro atoms. The summed E-state index contributed by atoms with van der Waals surface area (Å²) in [5, 5.41) is 3.25. The monoisotopic (exact) mass is 199 g/mol. The quantitative estimate of drug-likeness (QED) is 0.731. The molecule has 1 heterocycles. The Morgan fingerprint density at radius 2 is 2.36 bits per heavy atom. The maximum atomic E-state index is 5.71. The van der Waals surface area contributed by atoms with E-state index < -0.39 is 0 Å². The molecule has 0 aromatic rings. The predicted molar refractivity (Wildman–Crippen MR) is 57.2 cm³/mol. The highest BCUT2D eigenvalue weighted by atomic mass is 16.5. The van der Waals surface area contributed by atoms with E-state index in [2.05, 4.69) is 25.2 Å². The molecule has 0 saturated carbocycles. The minimum atomic E-state index is -0.223. The van der Waals surface area contributed by atoms with Crippen molar-refractivity contribution in [3.63, 3.8) is 0 Å². The van der Waals surface area contributed by atoms with E-state index >= 15 is 0 Å². The van der Waals surface area contributed by atoms with Gasteiger partial charge in [-0.1, -0.05) is 0 Å². The van der Waals surface area contributed by atoms with E-state index in [-0.39, 0.29) is 11.6 Å². The molecule has 0 fully saturated rings. The van der Waals surface area contributed by atoms with E-state index in [4.69, 9.17) is 9.47 Å². The van der Waals surface area contributed by atoms with Gasteiger partial charge in [-0.25, -0.2) is 0 Å². The highest BCUT2D eigenvalue weighted by Crippen LogP contribution is 2.24. The third-order valence-corrected chi connectivity index (χ3v) is 2.52. The lowest BCUT2D eigenvalue weighted by atomic mass is 9.96. The Balaban J connectivity index is 2.69. The zero-order chi connectivity index (χ0) is 10.6. The highest BCUT2D eigenvalue weighted by molar-refractivity contribution is 5.12. The molecule has 3 heteroatoms. The van der Waals surface area contributed by atoms with Gasteiger partial charge >= 0.3 is 0 Å². The number of rotatable bonds is 5. The summed E-state index contributed by atoms with van der Waals surface area (Å²) < 4.78 is 11.3. The lowest BCUT2D eigenvalue weighted by Crippen LogP contribution is -2.48. The minimum Gasteiger partial charge on any atom is -0.496 e. The number of hydrogen-bond acceptors (Lipinski definition) is 3. The Labute approximate surface area is 86.5 Å². The molecule has 0 radical (unpaired) electrons. The third kappa shape index (κ3) is 2.49. The molecule has 0 saturated heterocycles. The van der Waals surface area contributed by atoms with Gasteiger partial charge < -0.3 is 14.8 Å². The van der Waals surface area contributed by atoms with E-state index in [0.717, 1.165) is 25.4 Å². The molecule has 0 aromatic carbocycles. The van der Waals surface area contributed by atoms with Crippen molar-refractivity contribution in [2.45, 2.75) is 38.8 Å². The molecule has 1 rings (SSSR count).